The van der Waals surface area contributed by atoms with Crippen molar-refractivity contribution in [2.24, 2.45) is 17.8 Å². The minimum atomic E-state index is 0.292. The lowest BCUT2D eigenvalue weighted by Crippen LogP contribution is -2.12. The van der Waals surface area contributed by atoms with Gasteiger partial charge in [0.25, 0.3) is 0 Å². The fraction of sp³-hybridized carbons (Fsp3) is 0.647. The maximum atomic E-state index is 6.37. The van der Waals surface area contributed by atoms with E-state index in [1.165, 1.54) is 32.1 Å². The summed E-state index contributed by atoms with van der Waals surface area (Å²) in [5.41, 5.74) is 1.13. The van der Waals surface area contributed by atoms with Crippen LogP contribution in [-0.2, 0) is 0 Å². The molecule has 0 aliphatic heterocycles. The van der Waals surface area contributed by atoms with Gasteiger partial charge in [0.15, 0.2) is 0 Å². The lowest BCUT2D eigenvalue weighted by molar-refractivity contribution is 0.312. The summed E-state index contributed by atoms with van der Waals surface area (Å²) < 4.78 is 10.8. The van der Waals surface area contributed by atoms with Gasteiger partial charge in [-0.2, -0.15) is 0 Å². The molecule has 0 heterocycles. The third kappa shape index (κ3) is 2.92. The zero-order valence-corrected chi connectivity index (χ0v) is 14.9. The Bertz CT molecular complexity index is 520. The summed E-state index contributed by atoms with van der Waals surface area (Å²) in [4.78, 5) is 0.292. The third-order valence-electron chi connectivity index (χ3n) is 5.25. The summed E-state index contributed by atoms with van der Waals surface area (Å²) in [5, 5.41) is 0.565. The number of rotatable bonds is 5. The van der Waals surface area contributed by atoms with E-state index in [2.05, 4.69) is 22.0 Å². The molecule has 116 valence electrons. The predicted molar refractivity (Wildman–Crippen MR) is 89.8 cm³/mol. The Labute approximate surface area is 140 Å². The zero-order valence-electron chi connectivity index (χ0n) is 12.6. The predicted octanol–water partition coefficient (Wildman–Crippen LogP) is 5.62. The van der Waals surface area contributed by atoms with Gasteiger partial charge in [0.05, 0.1) is 14.2 Å². The van der Waals surface area contributed by atoms with Gasteiger partial charge in [-0.25, -0.2) is 0 Å². The van der Waals surface area contributed by atoms with Crippen molar-refractivity contribution in [1.82, 2.24) is 0 Å². The average Bonchev–Trinajstić information content (AvgIpc) is 3.09. The molecule has 2 bridgehead atoms. The van der Waals surface area contributed by atoms with Crippen LogP contribution in [0.15, 0.2) is 12.1 Å². The van der Waals surface area contributed by atoms with Gasteiger partial charge in [0.1, 0.15) is 16.5 Å². The normalized spacial score (nSPS) is 28.7. The lowest BCUT2D eigenvalue weighted by Gasteiger charge is -2.25. The number of alkyl halides is 1. The Morgan fingerprint density at radius 1 is 1.24 bits per heavy atom. The summed E-state index contributed by atoms with van der Waals surface area (Å²) in [6, 6.07) is 3.99. The number of methoxy groups -OCH3 is 2. The Morgan fingerprint density at radius 2 is 2.05 bits per heavy atom. The average molecular weight is 374 g/mol. The number of hydrogen-bond acceptors (Lipinski definition) is 2. The zero-order chi connectivity index (χ0) is 15.0. The molecule has 0 amide bonds. The van der Waals surface area contributed by atoms with Gasteiger partial charge in [-0.05, 0) is 49.5 Å². The molecule has 3 rings (SSSR count). The monoisotopic (exact) mass is 372 g/mol. The first-order chi connectivity index (χ1) is 10.1. The summed E-state index contributed by atoms with van der Waals surface area (Å²) in [5.74, 6) is 4.17. The highest BCUT2D eigenvalue weighted by Crippen LogP contribution is 2.53. The fourth-order valence-corrected chi connectivity index (χ4v) is 5.39. The van der Waals surface area contributed by atoms with Crippen LogP contribution in [-0.4, -0.2) is 14.2 Å². The molecule has 2 aliphatic carbocycles. The maximum absolute atomic E-state index is 6.37. The van der Waals surface area contributed by atoms with Crippen LogP contribution < -0.4 is 9.47 Å². The summed E-state index contributed by atoms with van der Waals surface area (Å²) in [7, 11) is 3.29. The van der Waals surface area contributed by atoms with Crippen molar-refractivity contribution in [3.8, 4) is 11.5 Å². The first-order valence-corrected chi connectivity index (χ1v) is 8.97. The Balaban J connectivity index is 1.78. The lowest BCUT2D eigenvalue weighted by atomic mass is 9.84. The second kappa shape index (κ2) is 6.37. The highest BCUT2D eigenvalue weighted by molar-refractivity contribution is 9.09. The Hall–Kier alpha value is -0.410. The SMILES string of the molecule is COc1ccc(C(Br)CC2CC3CCC2C3)c(OC)c1Cl. The highest BCUT2D eigenvalue weighted by Gasteiger charge is 2.40. The Kier molecular flexibility index (Phi) is 4.70. The minimum absolute atomic E-state index is 0.292. The van der Waals surface area contributed by atoms with E-state index in [-0.39, 0.29) is 0 Å². The van der Waals surface area contributed by atoms with Crippen LogP contribution in [0.1, 0.15) is 42.5 Å². The van der Waals surface area contributed by atoms with Crippen LogP contribution in [0, 0.1) is 17.8 Å². The van der Waals surface area contributed by atoms with Gasteiger partial charge in [-0.1, -0.05) is 40.0 Å². The minimum Gasteiger partial charge on any atom is -0.495 e. The molecular weight excluding hydrogens is 352 g/mol. The van der Waals surface area contributed by atoms with Gasteiger partial charge in [-0.3, -0.25) is 0 Å². The van der Waals surface area contributed by atoms with Crippen LogP contribution in [0.2, 0.25) is 5.02 Å². The van der Waals surface area contributed by atoms with E-state index in [9.17, 15) is 0 Å². The molecule has 21 heavy (non-hydrogen) atoms. The molecule has 1 aromatic rings. The third-order valence-corrected chi connectivity index (χ3v) is 6.47. The van der Waals surface area contributed by atoms with Crippen molar-refractivity contribution in [2.75, 3.05) is 14.2 Å². The second-order valence-corrected chi connectivity index (χ2v) is 7.83. The van der Waals surface area contributed by atoms with Crippen LogP contribution in [0.4, 0.5) is 0 Å². The summed E-state index contributed by atoms with van der Waals surface area (Å²) in [6.45, 7) is 0. The van der Waals surface area contributed by atoms with E-state index in [4.69, 9.17) is 21.1 Å². The van der Waals surface area contributed by atoms with Crippen molar-refractivity contribution in [1.29, 1.82) is 0 Å². The molecule has 0 N–H and O–H groups in total. The van der Waals surface area contributed by atoms with Gasteiger partial charge in [0.2, 0.25) is 0 Å². The topological polar surface area (TPSA) is 18.5 Å². The quantitative estimate of drug-likeness (QED) is 0.624. The number of fused-ring (bicyclic) bond motifs is 2. The first-order valence-electron chi connectivity index (χ1n) is 7.68. The molecular formula is C17H22BrClO2. The smallest absolute Gasteiger partial charge is 0.145 e. The standard InChI is InChI=1S/C17H22BrClO2/c1-20-15-6-5-13(17(21-2)16(15)19)14(18)9-12-8-10-3-4-11(12)7-10/h5-6,10-12,14H,3-4,7-9H2,1-2H3. The number of halogens is 2. The molecule has 4 atom stereocenters. The molecule has 0 aromatic heterocycles. The molecule has 4 unspecified atom stereocenters. The van der Waals surface area contributed by atoms with Crippen LogP contribution in [0.5, 0.6) is 11.5 Å². The molecule has 2 nitrogen and oxygen atoms in total. The number of benzene rings is 1. The van der Waals surface area contributed by atoms with Crippen LogP contribution in [0.3, 0.4) is 0 Å². The highest BCUT2D eigenvalue weighted by atomic mass is 79.9. The molecule has 1 aromatic carbocycles. The summed E-state index contributed by atoms with van der Waals surface area (Å²) >= 11 is 10.2. The molecule has 2 fully saturated rings. The fourth-order valence-electron chi connectivity index (χ4n) is 4.22. The van der Waals surface area contributed by atoms with E-state index in [0.29, 0.717) is 15.6 Å². The van der Waals surface area contributed by atoms with E-state index in [1.54, 1.807) is 14.2 Å². The largest absolute Gasteiger partial charge is 0.495 e. The van der Waals surface area contributed by atoms with Gasteiger partial charge >= 0.3 is 0 Å². The van der Waals surface area contributed by atoms with E-state index >= 15 is 0 Å². The van der Waals surface area contributed by atoms with Crippen LogP contribution >= 0.6 is 27.5 Å². The molecule has 4 heteroatoms. The molecule has 0 radical (unpaired) electrons. The van der Waals surface area contributed by atoms with Crippen molar-refractivity contribution >= 4 is 27.5 Å². The first kappa shape index (κ1) is 15.5. The number of hydrogen-bond donors (Lipinski definition) is 0. The van der Waals surface area contributed by atoms with Crippen molar-refractivity contribution < 1.29 is 9.47 Å². The maximum Gasteiger partial charge on any atom is 0.145 e. The van der Waals surface area contributed by atoms with Crippen molar-refractivity contribution in [3.63, 3.8) is 0 Å². The second-order valence-electron chi connectivity index (χ2n) is 6.34. The van der Waals surface area contributed by atoms with E-state index in [0.717, 1.165) is 29.1 Å². The van der Waals surface area contributed by atoms with Crippen molar-refractivity contribution in [3.05, 3.63) is 22.7 Å². The number of ether oxygens (including phenoxy) is 2. The van der Waals surface area contributed by atoms with E-state index < -0.39 is 0 Å². The molecule has 0 saturated heterocycles. The van der Waals surface area contributed by atoms with Crippen LogP contribution in [0.25, 0.3) is 0 Å². The van der Waals surface area contributed by atoms with Crippen molar-refractivity contribution in [2.45, 2.75) is 36.9 Å². The Morgan fingerprint density at radius 3 is 2.62 bits per heavy atom. The van der Waals surface area contributed by atoms with E-state index in [1.807, 2.05) is 6.07 Å². The summed E-state index contributed by atoms with van der Waals surface area (Å²) in [6.07, 6.45) is 6.89. The molecule has 2 aliphatic rings. The molecule has 2 saturated carbocycles. The van der Waals surface area contributed by atoms with Gasteiger partial charge < -0.3 is 9.47 Å². The van der Waals surface area contributed by atoms with Gasteiger partial charge in [0, 0.05) is 10.4 Å². The molecule has 0 spiro atoms. The van der Waals surface area contributed by atoms with Gasteiger partial charge in [-0.15, -0.1) is 0 Å².